The van der Waals surface area contributed by atoms with Gasteiger partial charge in [-0.05, 0) is 0 Å². The van der Waals surface area contributed by atoms with E-state index in [-0.39, 0.29) is 0 Å². The van der Waals surface area contributed by atoms with E-state index in [4.69, 9.17) is 37.4 Å². The van der Waals surface area contributed by atoms with Crippen LogP contribution < -0.4 is 14.2 Å². The molecule has 0 spiro atoms. The lowest BCUT2D eigenvalue weighted by Crippen LogP contribution is -1.95. The van der Waals surface area contributed by atoms with Gasteiger partial charge in [0.05, 0.1) is 26.4 Å². The lowest BCUT2D eigenvalue weighted by Gasteiger charge is -2.13. The molecule has 0 unspecified atom stereocenters. The Balaban J connectivity index is 3.42. The molecule has 0 aliphatic heterocycles. The molecule has 0 fully saturated rings. The van der Waals surface area contributed by atoms with E-state index >= 15 is 0 Å². The van der Waals surface area contributed by atoms with Crippen LogP contribution in [0.3, 0.4) is 0 Å². The maximum atomic E-state index is 5.91. The summed E-state index contributed by atoms with van der Waals surface area (Å²) in [5.41, 5.74) is 0. The van der Waals surface area contributed by atoms with E-state index in [0.717, 1.165) is 0 Å². The molecule has 78 valence electrons. The van der Waals surface area contributed by atoms with Gasteiger partial charge in [0, 0.05) is 6.07 Å². The summed E-state index contributed by atoms with van der Waals surface area (Å²) in [6, 6.07) is 1.57. The second kappa shape index (κ2) is 4.62. The van der Waals surface area contributed by atoms with Crippen molar-refractivity contribution >= 4 is 23.2 Å². The predicted octanol–water partition coefficient (Wildman–Crippen LogP) is 3.02. The van der Waals surface area contributed by atoms with Gasteiger partial charge in [0.2, 0.25) is 5.75 Å². The molecule has 0 aliphatic rings. The van der Waals surface area contributed by atoms with Crippen molar-refractivity contribution in [2.24, 2.45) is 0 Å². The SMILES string of the molecule is COc1cc(Cl)c(Cl)c(OC)c1OC. The smallest absolute Gasteiger partial charge is 0.204 e. The highest BCUT2D eigenvalue weighted by molar-refractivity contribution is 6.43. The average molecular weight is 237 g/mol. The summed E-state index contributed by atoms with van der Waals surface area (Å²) in [7, 11) is 4.51. The van der Waals surface area contributed by atoms with Gasteiger partial charge >= 0.3 is 0 Å². The van der Waals surface area contributed by atoms with Crippen LogP contribution in [0.4, 0.5) is 0 Å². The van der Waals surface area contributed by atoms with Gasteiger partial charge in [0.1, 0.15) is 5.02 Å². The second-order valence-electron chi connectivity index (χ2n) is 2.44. The van der Waals surface area contributed by atoms with Crippen LogP contribution in [0.1, 0.15) is 0 Å². The molecule has 0 aliphatic carbocycles. The zero-order valence-electron chi connectivity index (χ0n) is 8.06. The van der Waals surface area contributed by atoms with Crippen LogP contribution in [0, 0.1) is 0 Å². The van der Waals surface area contributed by atoms with Crippen LogP contribution in [0.2, 0.25) is 10.0 Å². The lowest BCUT2D eigenvalue weighted by atomic mass is 10.3. The Bertz CT molecular complexity index is 339. The van der Waals surface area contributed by atoms with Crippen LogP contribution >= 0.6 is 23.2 Å². The molecular formula is C9H10Cl2O3. The van der Waals surface area contributed by atoms with E-state index < -0.39 is 0 Å². The van der Waals surface area contributed by atoms with E-state index in [2.05, 4.69) is 0 Å². The van der Waals surface area contributed by atoms with Gasteiger partial charge in [-0.3, -0.25) is 0 Å². The van der Waals surface area contributed by atoms with Crippen LogP contribution in [0.5, 0.6) is 17.2 Å². The summed E-state index contributed by atoms with van der Waals surface area (Å²) >= 11 is 11.8. The summed E-state index contributed by atoms with van der Waals surface area (Å²) in [5.74, 6) is 1.29. The largest absolute Gasteiger partial charge is 0.493 e. The van der Waals surface area contributed by atoms with Gasteiger partial charge < -0.3 is 14.2 Å². The van der Waals surface area contributed by atoms with E-state index in [1.54, 1.807) is 6.07 Å². The van der Waals surface area contributed by atoms with Crippen molar-refractivity contribution in [1.29, 1.82) is 0 Å². The Morgan fingerprint density at radius 2 is 1.50 bits per heavy atom. The normalized spacial score (nSPS) is 9.79. The summed E-state index contributed by atoms with van der Waals surface area (Å²) in [4.78, 5) is 0. The number of benzene rings is 1. The fourth-order valence-electron chi connectivity index (χ4n) is 1.09. The molecule has 1 aromatic carbocycles. The topological polar surface area (TPSA) is 27.7 Å². The Kier molecular flexibility index (Phi) is 3.72. The molecule has 0 amide bonds. The number of halogens is 2. The Hall–Kier alpha value is -0.800. The number of hydrogen-bond donors (Lipinski definition) is 0. The maximum Gasteiger partial charge on any atom is 0.204 e. The molecule has 0 N–H and O–H groups in total. The number of ether oxygens (including phenoxy) is 3. The first kappa shape index (κ1) is 11.3. The zero-order valence-corrected chi connectivity index (χ0v) is 9.57. The minimum atomic E-state index is 0.312. The summed E-state index contributed by atoms with van der Waals surface area (Å²) in [5, 5.41) is 0.674. The van der Waals surface area contributed by atoms with Gasteiger partial charge in [-0.15, -0.1) is 0 Å². The molecule has 3 nitrogen and oxygen atoms in total. The molecular weight excluding hydrogens is 227 g/mol. The summed E-state index contributed by atoms with van der Waals surface area (Å²) < 4.78 is 15.2. The Labute approximate surface area is 92.5 Å². The monoisotopic (exact) mass is 236 g/mol. The van der Waals surface area contributed by atoms with Crippen molar-refractivity contribution in [3.05, 3.63) is 16.1 Å². The molecule has 0 saturated heterocycles. The Morgan fingerprint density at radius 3 is 1.93 bits per heavy atom. The minimum absolute atomic E-state index is 0.312. The van der Waals surface area contributed by atoms with E-state index in [9.17, 15) is 0 Å². The minimum Gasteiger partial charge on any atom is -0.493 e. The van der Waals surface area contributed by atoms with Gasteiger partial charge in [-0.2, -0.15) is 0 Å². The van der Waals surface area contributed by atoms with Gasteiger partial charge in [0.25, 0.3) is 0 Å². The first-order valence-corrected chi connectivity index (χ1v) is 4.55. The van der Waals surface area contributed by atoms with Crippen molar-refractivity contribution in [2.75, 3.05) is 21.3 Å². The third-order valence-electron chi connectivity index (χ3n) is 1.73. The van der Waals surface area contributed by atoms with E-state index in [1.165, 1.54) is 21.3 Å². The standard InChI is InChI=1S/C9H10Cl2O3/c1-12-6-4-5(10)7(11)9(14-3)8(6)13-2/h4H,1-3H3. The Morgan fingerprint density at radius 1 is 0.929 bits per heavy atom. The fraction of sp³-hybridized carbons (Fsp3) is 0.333. The zero-order chi connectivity index (χ0) is 10.7. The van der Waals surface area contributed by atoms with Crippen LogP contribution in [-0.2, 0) is 0 Å². The van der Waals surface area contributed by atoms with Gasteiger partial charge in [0.15, 0.2) is 11.5 Å². The number of hydrogen-bond acceptors (Lipinski definition) is 3. The molecule has 0 atom stereocenters. The summed E-state index contributed by atoms with van der Waals surface area (Å²) in [6.07, 6.45) is 0. The lowest BCUT2D eigenvalue weighted by molar-refractivity contribution is 0.324. The third-order valence-corrected chi connectivity index (χ3v) is 2.50. The first-order chi connectivity index (χ1) is 6.65. The predicted molar refractivity (Wildman–Crippen MR) is 56.1 cm³/mol. The molecule has 5 heteroatoms. The van der Waals surface area contributed by atoms with Crippen molar-refractivity contribution < 1.29 is 14.2 Å². The molecule has 1 rings (SSSR count). The highest BCUT2D eigenvalue weighted by Gasteiger charge is 2.17. The average Bonchev–Trinajstić information content (AvgIpc) is 2.20. The van der Waals surface area contributed by atoms with Gasteiger partial charge in [-0.1, -0.05) is 23.2 Å². The van der Waals surface area contributed by atoms with Crippen molar-refractivity contribution in [2.45, 2.75) is 0 Å². The highest BCUT2D eigenvalue weighted by Crippen LogP contribution is 2.46. The number of rotatable bonds is 3. The van der Waals surface area contributed by atoms with E-state index in [0.29, 0.717) is 27.3 Å². The van der Waals surface area contributed by atoms with E-state index in [1.807, 2.05) is 0 Å². The van der Waals surface area contributed by atoms with Gasteiger partial charge in [-0.25, -0.2) is 0 Å². The molecule has 0 aromatic heterocycles. The summed E-state index contributed by atoms with van der Waals surface area (Å²) in [6.45, 7) is 0. The molecule has 0 radical (unpaired) electrons. The number of methoxy groups -OCH3 is 3. The molecule has 1 aromatic rings. The quantitative estimate of drug-likeness (QED) is 0.808. The molecule has 0 heterocycles. The molecule has 0 bridgehead atoms. The highest BCUT2D eigenvalue weighted by atomic mass is 35.5. The fourth-order valence-corrected chi connectivity index (χ4v) is 1.49. The van der Waals surface area contributed by atoms with Crippen molar-refractivity contribution in [1.82, 2.24) is 0 Å². The molecule has 14 heavy (non-hydrogen) atoms. The van der Waals surface area contributed by atoms with Crippen molar-refractivity contribution in [3.8, 4) is 17.2 Å². The first-order valence-electron chi connectivity index (χ1n) is 3.79. The molecule has 0 saturated carbocycles. The van der Waals surface area contributed by atoms with Crippen LogP contribution in [0.25, 0.3) is 0 Å². The maximum absolute atomic E-state index is 5.91. The van der Waals surface area contributed by atoms with Crippen LogP contribution in [-0.4, -0.2) is 21.3 Å². The third kappa shape index (κ3) is 1.83. The van der Waals surface area contributed by atoms with Crippen LogP contribution in [0.15, 0.2) is 6.07 Å². The van der Waals surface area contributed by atoms with Crippen molar-refractivity contribution in [3.63, 3.8) is 0 Å². The second-order valence-corrected chi connectivity index (χ2v) is 3.23.